The third kappa shape index (κ3) is 2.66. The molecule has 3 heterocycles. The second-order valence-corrected chi connectivity index (χ2v) is 7.99. The molecule has 2 atom stereocenters. The van der Waals surface area contributed by atoms with Crippen molar-refractivity contribution in [1.82, 2.24) is 9.47 Å². The largest absolute Gasteiger partial charge is 0.511 e. The number of pyridine rings is 1. The zero-order valence-corrected chi connectivity index (χ0v) is 15.7. The molecule has 3 fully saturated rings. The maximum Gasteiger partial charge on any atom is 0.511 e. The Morgan fingerprint density at radius 3 is 2.71 bits per heavy atom. The summed E-state index contributed by atoms with van der Waals surface area (Å²) in [7, 11) is 0. The summed E-state index contributed by atoms with van der Waals surface area (Å²) in [5.41, 5.74) is 0.864. The highest BCUT2D eigenvalue weighted by Gasteiger charge is 2.35. The van der Waals surface area contributed by atoms with Crippen molar-refractivity contribution in [1.29, 1.82) is 0 Å². The molecule has 1 aromatic heterocycles. The smallest absolute Gasteiger partial charge is 0.449 e. The normalized spacial score (nSPS) is 24.0. The molecule has 2 aliphatic heterocycles. The predicted molar refractivity (Wildman–Crippen MR) is 102 cm³/mol. The molecule has 0 radical (unpaired) electrons. The van der Waals surface area contributed by atoms with Crippen LogP contribution in [0.25, 0.3) is 10.9 Å². The summed E-state index contributed by atoms with van der Waals surface area (Å²) in [6.07, 6.45) is 2.81. The van der Waals surface area contributed by atoms with E-state index in [0.29, 0.717) is 11.2 Å². The molecule has 28 heavy (non-hydrogen) atoms. The van der Waals surface area contributed by atoms with E-state index < -0.39 is 17.4 Å². The number of carboxylic acid groups (broad SMARTS) is 1. The van der Waals surface area contributed by atoms with Gasteiger partial charge in [-0.15, -0.1) is 0 Å². The Bertz CT molecular complexity index is 1050. The monoisotopic (exact) mass is 387 g/mol. The molecule has 148 valence electrons. The lowest BCUT2D eigenvalue weighted by Gasteiger charge is -2.36. The van der Waals surface area contributed by atoms with Crippen molar-refractivity contribution in [3.05, 3.63) is 33.9 Å². The van der Waals surface area contributed by atoms with Crippen LogP contribution in [-0.4, -0.2) is 52.9 Å². The van der Waals surface area contributed by atoms with E-state index in [9.17, 15) is 9.59 Å². The Hall–Kier alpha value is -2.61. The standard InChI is InChI=1S/C20H22FN3O4/c1-11-17-14(24(12-2-3-12)10-16(19(17)25)28-20(26)27)8-15(18(11)21)23-7-6-22-5-4-13(23)9-22/h8,10,12-13H,2-7,9H2,1H3,(H,26,27). The van der Waals surface area contributed by atoms with Gasteiger partial charge in [0.25, 0.3) is 0 Å². The van der Waals surface area contributed by atoms with E-state index in [0.717, 1.165) is 45.4 Å². The first-order valence-electron chi connectivity index (χ1n) is 9.71. The van der Waals surface area contributed by atoms with Gasteiger partial charge in [-0.25, -0.2) is 9.18 Å². The number of fused-ring (bicyclic) bond motifs is 3. The molecule has 2 bridgehead atoms. The number of piperazine rings is 1. The van der Waals surface area contributed by atoms with E-state index >= 15 is 4.39 Å². The van der Waals surface area contributed by atoms with Gasteiger partial charge in [0.2, 0.25) is 5.43 Å². The predicted octanol–water partition coefficient (Wildman–Crippen LogP) is 2.74. The summed E-state index contributed by atoms with van der Waals surface area (Å²) in [5, 5.41) is 9.16. The van der Waals surface area contributed by atoms with E-state index in [2.05, 4.69) is 9.80 Å². The number of halogens is 1. The van der Waals surface area contributed by atoms with Gasteiger partial charge in [0.05, 0.1) is 22.8 Å². The highest BCUT2D eigenvalue weighted by atomic mass is 19.1. The molecule has 0 spiro atoms. The van der Waals surface area contributed by atoms with Crippen molar-refractivity contribution in [3.63, 3.8) is 0 Å². The maximum atomic E-state index is 15.4. The van der Waals surface area contributed by atoms with Gasteiger partial charge in [-0.2, -0.15) is 0 Å². The summed E-state index contributed by atoms with van der Waals surface area (Å²) in [6, 6.07) is 2.24. The van der Waals surface area contributed by atoms with Crippen molar-refractivity contribution in [2.75, 3.05) is 31.1 Å². The van der Waals surface area contributed by atoms with Gasteiger partial charge in [-0.3, -0.25) is 9.69 Å². The molecule has 2 aromatic rings. The van der Waals surface area contributed by atoms with Crippen LogP contribution in [0.4, 0.5) is 14.9 Å². The van der Waals surface area contributed by atoms with E-state index in [1.165, 1.54) is 6.20 Å². The molecule has 1 saturated carbocycles. The Labute approximate surface area is 160 Å². The highest BCUT2D eigenvalue weighted by Crippen LogP contribution is 2.40. The van der Waals surface area contributed by atoms with E-state index in [1.807, 2.05) is 4.57 Å². The van der Waals surface area contributed by atoms with Gasteiger partial charge >= 0.3 is 6.16 Å². The lowest BCUT2D eigenvalue weighted by atomic mass is 10.0. The van der Waals surface area contributed by atoms with Crippen LogP contribution in [0.2, 0.25) is 0 Å². The van der Waals surface area contributed by atoms with Crippen LogP contribution < -0.4 is 15.1 Å². The zero-order chi connectivity index (χ0) is 19.6. The van der Waals surface area contributed by atoms with Crippen molar-refractivity contribution in [2.45, 2.75) is 38.3 Å². The summed E-state index contributed by atoms with van der Waals surface area (Å²) in [4.78, 5) is 28.4. The average Bonchev–Trinajstić information content (AvgIpc) is 3.43. The van der Waals surface area contributed by atoms with Crippen LogP contribution in [0.15, 0.2) is 17.1 Å². The molecule has 1 aliphatic carbocycles. The zero-order valence-electron chi connectivity index (χ0n) is 15.7. The summed E-state index contributed by atoms with van der Waals surface area (Å²) < 4.78 is 22.0. The van der Waals surface area contributed by atoms with Gasteiger partial charge in [0.15, 0.2) is 5.75 Å². The number of aromatic nitrogens is 1. The van der Waals surface area contributed by atoms with Crippen molar-refractivity contribution < 1.29 is 19.0 Å². The molecular weight excluding hydrogens is 365 g/mol. The minimum atomic E-state index is -1.55. The molecule has 5 rings (SSSR count). The number of hydrogen-bond donors (Lipinski definition) is 1. The van der Waals surface area contributed by atoms with Crippen LogP contribution in [0.1, 0.15) is 30.9 Å². The number of anilines is 1. The third-order valence-corrected chi connectivity index (χ3v) is 6.24. The van der Waals surface area contributed by atoms with Crippen molar-refractivity contribution in [2.24, 2.45) is 0 Å². The maximum absolute atomic E-state index is 15.4. The third-order valence-electron chi connectivity index (χ3n) is 6.24. The number of hydrogen-bond acceptors (Lipinski definition) is 5. The lowest BCUT2D eigenvalue weighted by Crippen LogP contribution is -2.47. The number of ether oxygens (including phenoxy) is 1. The van der Waals surface area contributed by atoms with E-state index in [1.54, 1.807) is 13.0 Å². The number of aryl methyl sites for hydroxylation is 1. The number of rotatable bonds is 3. The Kier molecular flexibility index (Phi) is 3.87. The first-order chi connectivity index (χ1) is 13.4. The van der Waals surface area contributed by atoms with Crippen LogP contribution >= 0.6 is 0 Å². The SMILES string of the molecule is Cc1c(F)c(N2CCN3CCC2C3)cc2c1c(=O)c(OC(=O)O)cn2C1CC1. The van der Waals surface area contributed by atoms with Gasteiger partial charge in [-0.05, 0) is 32.3 Å². The molecule has 0 amide bonds. The second kappa shape index (κ2) is 6.20. The van der Waals surface area contributed by atoms with Crippen LogP contribution in [0.3, 0.4) is 0 Å². The fourth-order valence-corrected chi connectivity index (χ4v) is 4.68. The number of nitrogens with zero attached hydrogens (tertiary/aromatic N) is 3. The van der Waals surface area contributed by atoms with E-state index in [-0.39, 0.29) is 28.8 Å². The fraction of sp³-hybridized carbons (Fsp3) is 0.500. The average molecular weight is 387 g/mol. The summed E-state index contributed by atoms with van der Waals surface area (Å²) in [6.45, 7) is 5.25. The highest BCUT2D eigenvalue weighted by molar-refractivity contribution is 5.88. The fourth-order valence-electron chi connectivity index (χ4n) is 4.68. The molecule has 2 saturated heterocycles. The second-order valence-electron chi connectivity index (χ2n) is 7.99. The number of benzene rings is 1. The van der Waals surface area contributed by atoms with Gasteiger partial charge in [-0.1, -0.05) is 0 Å². The lowest BCUT2D eigenvalue weighted by molar-refractivity contribution is 0.143. The molecule has 1 aromatic carbocycles. The Morgan fingerprint density at radius 1 is 1.21 bits per heavy atom. The van der Waals surface area contributed by atoms with Gasteiger partial charge < -0.3 is 19.3 Å². The van der Waals surface area contributed by atoms with Crippen LogP contribution in [-0.2, 0) is 0 Å². The summed E-state index contributed by atoms with van der Waals surface area (Å²) in [5.74, 6) is -0.675. The van der Waals surface area contributed by atoms with Crippen molar-refractivity contribution >= 4 is 22.7 Å². The minimum Gasteiger partial charge on any atom is -0.449 e. The van der Waals surface area contributed by atoms with Crippen molar-refractivity contribution in [3.8, 4) is 5.75 Å². The summed E-state index contributed by atoms with van der Waals surface area (Å²) >= 11 is 0. The van der Waals surface area contributed by atoms with E-state index in [4.69, 9.17) is 9.84 Å². The first-order valence-corrected chi connectivity index (χ1v) is 9.71. The quantitative estimate of drug-likeness (QED) is 0.817. The molecule has 1 N–H and O–H groups in total. The van der Waals surface area contributed by atoms with Crippen LogP contribution in [0, 0.1) is 12.7 Å². The molecule has 7 nitrogen and oxygen atoms in total. The van der Waals surface area contributed by atoms with Gasteiger partial charge in [0, 0.05) is 43.8 Å². The molecule has 8 heteroatoms. The first kappa shape index (κ1) is 17.5. The van der Waals surface area contributed by atoms with Crippen LogP contribution in [0.5, 0.6) is 5.75 Å². The Balaban J connectivity index is 1.72. The molecular formula is C20H22FN3O4. The molecule has 2 unspecified atom stereocenters. The topological polar surface area (TPSA) is 75.0 Å². The van der Waals surface area contributed by atoms with Gasteiger partial charge in [0.1, 0.15) is 5.82 Å². The Morgan fingerprint density at radius 2 is 2.00 bits per heavy atom. The number of carbonyl (C=O) groups is 1. The molecule has 3 aliphatic rings. The minimum absolute atomic E-state index is 0.181.